The summed E-state index contributed by atoms with van der Waals surface area (Å²) in [6.45, 7) is 0.416. The molecule has 0 spiro atoms. The van der Waals surface area contributed by atoms with Crippen LogP contribution in [0, 0.1) is 0 Å². The summed E-state index contributed by atoms with van der Waals surface area (Å²) >= 11 is 0. The van der Waals surface area contributed by atoms with Crippen molar-refractivity contribution in [2.24, 2.45) is 12.8 Å². The van der Waals surface area contributed by atoms with Crippen molar-refractivity contribution in [3.8, 4) is 11.3 Å². The monoisotopic (exact) mass is 244 g/mol. The van der Waals surface area contributed by atoms with Gasteiger partial charge in [-0.2, -0.15) is 5.10 Å². The van der Waals surface area contributed by atoms with Crippen molar-refractivity contribution in [1.29, 1.82) is 0 Å². The molecule has 0 fully saturated rings. The van der Waals surface area contributed by atoms with E-state index in [1.807, 2.05) is 18.2 Å². The highest BCUT2D eigenvalue weighted by atomic mass is 16.4. The summed E-state index contributed by atoms with van der Waals surface area (Å²) < 4.78 is 6.54. The van der Waals surface area contributed by atoms with E-state index in [1.165, 1.54) is 4.57 Å². The third-order valence-electron chi connectivity index (χ3n) is 2.94. The Morgan fingerprint density at radius 1 is 1.44 bits per heavy atom. The molecule has 0 saturated heterocycles. The second-order valence-electron chi connectivity index (χ2n) is 4.09. The van der Waals surface area contributed by atoms with E-state index in [0.717, 1.165) is 22.5 Å². The zero-order valence-corrected chi connectivity index (χ0v) is 9.80. The first-order chi connectivity index (χ1) is 8.69. The number of nitrogens with one attached hydrogen (secondary N) is 1. The highest BCUT2D eigenvalue weighted by Gasteiger charge is 2.09. The Balaban J connectivity index is 2.18. The van der Waals surface area contributed by atoms with Gasteiger partial charge in [0.25, 0.3) is 0 Å². The predicted octanol–water partition coefficient (Wildman–Crippen LogP) is 0.980. The van der Waals surface area contributed by atoms with E-state index in [-0.39, 0.29) is 5.76 Å². The maximum absolute atomic E-state index is 11.4. The molecule has 0 bridgehead atoms. The minimum Gasteiger partial charge on any atom is -0.408 e. The Morgan fingerprint density at radius 2 is 2.28 bits per heavy atom. The Hall–Kier alpha value is -2.34. The van der Waals surface area contributed by atoms with Gasteiger partial charge in [-0.1, -0.05) is 0 Å². The quantitative estimate of drug-likeness (QED) is 0.703. The first-order valence-electron chi connectivity index (χ1n) is 5.53. The van der Waals surface area contributed by atoms with Gasteiger partial charge in [0.05, 0.1) is 11.2 Å². The van der Waals surface area contributed by atoms with Crippen LogP contribution in [0.2, 0.25) is 0 Å². The molecule has 6 heteroatoms. The number of aromatic nitrogens is 3. The van der Waals surface area contributed by atoms with E-state index in [0.29, 0.717) is 12.1 Å². The number of fused-ring (bicyclic) bond motifs is 1. The van der Waals surface area contributed by atoms with Gasteiger partial charge in [0.2, 0.25) is 0 Å². The van der Waals surface area contributed by atoms with Crippen LogP contribution in [0.15, 0.2) is 33.5 Å². The van der Waals surface area contributed by atoms with Crippen molar-refractivity contribution in [3.05, 3.63) is 40.5 Å². The number of aromatic amines is 1. The van der Waals surface area contributed by atoms with Gasteiger partial charge in [-0.15, -0.1) is 0 Å². The second kappa shape index (κ2) is 3.85. The lowest BCUT2D eigenvalue weighted by Gasteiger charge is -1.97. The van der Waals surface area contributed by atoms with Crippen LogP contribution in [0.1, 0.15) is 5.69 Å². The van der Waals surface area contributed by atoms with Gasteiger partial charge in [0, 0.05) is 24.8 Å². The van der Waals surface area contributed by atoms with E-state index in [2.05, 4.69) is 10.2 Å². The number of hydrogen-bond donors (Lipinski definition) is 2. The fourth-order valence-electron chi connectivity index (χ4n) is 1.90. The molecule has 6 nitrogen and oxygen atoms in total. The molecule has 92 valence electrons. The first-order valence-corrected chi connectivity index (χ1v) is 5.53. The summed E-state index contributed by atoms with van der Waals surface area (Å²) in [5, 5.41) is 7.03. The molecule has 2 aromatic heterocycles. The molecule has 1 aromatic carbocycles. The van der Waals surface area contributed by atoms with Gasteiger partial charge in [-0.25, -0.2) is 4.79 Å². The van der Waals surface area contributed by atoms with E-state index >= 15 is 0 Å². The van der Waals surface area contributed by atoms with Crippen molar-refractivity contribution in [2.75, 3.05) is 0 Å². The number of rotatable bonds is 2. The highest BCUT2D eigenvalue weighted by molar-refractivity contribution is 5.79. The number of oxazole rings is 1. The van der Waals surface area contributed by atoms with Crippen LogP contribution in [-0.2, 0) is 13.6 Å². The molecule has 0 aliphatic rings. The van der Waals surface area contributed by atoms with Crippen molar-refractivity contribution in [1.82, 2.24) is 14.8 Å². The van der Waals surface area contributed by atoms with Crippen LogP contribution >= 0.6 is 0 Å². The number of H-pyrrole nitrogens is 1. The summed E-state index contributed by atoms with van der Waals surface area (Å²) in [6.07, 6.45) is 0. The Labute approximate surface area is 102 Å². The molecule has 0 amide bonds. The SMILES string of the molecule is Cn1c(=O)oc2ccc(-c3cc(CN)[nH]n3)cc21. The minimum atomic E-state index is -0.369. The van der Waals surface area contributed by atoms with Gasteiger partial charge in [-0.3, -0.25) is 9.67 Å². The van der Waals surface area contributed by atoms with Crippen molar-refractivity contribution in [2.45, 2.75) is 6.54 Å². The second-order valence-corrected chi connectivity index (χ2v) is 4.09. The number of hydrogen-bond acceptors (Lipinski definition) is 4. The van der Waals surface area contributed by atoms with Crippen LogP contribution in [0.25, 0.3) is 22.4 Å². The zero-order valence-electron chi connectivity index (χ0n) is 9.80. The summed E-state index contributed by atoms with van der Waals surface area (Å²) in [5.74, 6) is -0.369. The van der Waals surface area contributed by atoms with Crippen LogP contribution in [0.5, 0.6) is 0 Å². The third kappa shape index (κ3) is 1.54. The van der Waals surface area contributed by atoms with E-state index in [4.69, 9.17) is 10.2 Å². The summed E-state index contributed by atoms with van der Waals surface area (Å²) in [6, 6.07) is 7.39. The van der Waals surface area contributed by atoms with Gasteiger partial charge in [0.1, 0.15) is 0 Å². The molecule has 3 aromatic rings. The number of nitrogens with zero attached hydrogens (tertiary/aromatic N) is 2. The lowest BCUT2D eigenvalue weighted by atomic mass is 10.1. The van der Waals surface area contributed by atoms with Crippen LogP contribution < -0.4 is 11.5 Å². The average molecular weight is 244 g/mol. The van der Waals surface area contributed by atoms with Crippen molar-refractivity contribution < 1.29 is 4.42 Å². The normalized spacial score (nSPS) is 11.2. The molecule has 2 heterocycles. The molecular weight excluding hydrogens is 232 g/mol. The van der Waals surface area contributed by atoms with Crippen molar-refractivity contribution in [3.63, 3.8) is 0 Å². The Morgan fingerprint density at radius 3 is 3.00 bits per heavy atom. The average Bonchev–Trinajstić information content (AvgIpc) is 2.96. The Kier molecular flexibility index (Phi) is 2.31. The van der Waals surface area contributed by atoms with Gasteiger partial charge in [-0.05, 0) is 24.3 Å². The lowest BCUT2D eigenvalue weighted by molar-refractivity contribution is 0.528. The molecular formula is C12H12N4O2. The molecule has 0 saturated carbocycles. The van der Waals surface area contributed by atoms with E-state index < -0.39 is 0 Å². The molecule has 3 N–H and O–H groups in total. The number of nitrogens with two attached hydrogens (primary N) is 1. The summed E-state index contributed by atoms with van der Waals surface area (Å²) in [5.41, 5.74) is 9.42. The van der Waals surface area contributed by atoms with Crippen LogP contribution in [0.4, 0.5) is 0 Å². The zero-order chi connectivity index (χ0) is 12.7. The predicted molar refractivity (Wildman–Crippen MR) is 66.9 cm³/mol. The smallest absolute Gasteiger partial charge is 0.408 e. The fourth-order valence-corrected chi connectivity index (χ4v) is 1.90. The molecule has 3 rings (SSSR count). The van der Waals surface area contributed by atoms with Crippen LogP contribution in [-0.4, -0.2) is 14.8 Å². The van der Waals surface area contributed by atoms with E-state index in [9.17, 15) is 4.79 Å². The molecule has 0 unspecified atom stereocenters. The van der Waals surface area contributed by atoms with E-state index in [1.54, 1.807) is 13.1 Å². The number of benzene rings is 1. The lowest BCUT2D eigenvalue weighted by Crippen LogP contribution is -2.08. The molecule has 0 aliphatic heterocycles. The highest BCUT2D eigenvalue weighted by Crippen LogP contribution is 2.22. The number of aryl methyl sites for hydroxylation is 1. The van der Waals surface area contributed by atoms with Gasteiger partial charge >= 0.3 is 5.76 Å². The van der Waals surface area contributed by atoms with Gasteiger partial charge < -0.3 is 10.2 Å². The van der Waals surface area contributed by atoms with Crippen LogP contribution in [0.3, 0.4) is 0 Å². The molecule has 0 atom stereocenters. The molecule has 0 radical (unpaired) electrons. The minimum absolute atomic E-state index is 0.369. The maximum Gasteiger partial charge on any atom is 0.419 e. The molecule has 18 heavy (non-hydrogen) atoms. The third-order valence-corrected chi connectivity index (χ3v) is 2.94. The summed E-state index contributed by atoms with van der Waals surface area (Å²) in [7, 11) is 1.67. The fraction of sp³-hybridized carbons (Fsp3) is 0.167. The standard InChI is InChI=1S/C12H12N4O2/c1-16-10-4-7(2-3-11(10)18-12(16)17)9-5-8(6-13)14-15-9/h2-5H,6,13H2,1H3,(H,14,15). The topological polar surface area (TPSA) is 89.8 Å². The Bertz CT molecular complexity index is 766. The maximum atomic E-state index is 11.4. The van der Waals surface area contributed by atoms with Crippen molar-refractivity contribution >= 4 is 11.1 Å². The molecule has 0 aliphatic carbocycles. The van der Waals surface area contributed by atoms with Gasteiger partial charge in [0.15, 0.2) is 5.58 Å². The summed E-state index contributed by atoms with van der Waals surface area (Å²) in [4.78, 5) is 11.4. The largest absolute Gasteiger partial charge is 0.419 e. The first kappa shape index (κ1) is 10.8.